The van der Waals surface area contributed by atoms with Gasteiger partial charge in [0.2, 0.25) is 0 Å². The van der Waals surface area contributed by atoms with Crippen LogP contribution in [0.2, 0.25) is 0 Å². The first-order chi connectivity index (χ1) is 9.36. The summed E-state index contributed by atoms with van der Waals surface area (Å²) in [6, 6.07) is 3.71. The van der Waals surface area contributed by atoms with E-state index in [1.807, 2.05) is 18.3 Å². The molecule has 5 nitrogen and oxygen atoms in total. The first-order valence-corrected chi connectivity index (χ1v) is 6.77. The molecule has 1 atom stereocenters. The van der Waals surface area contributed by atoms with Gasteiger partial charge in [-0.15, -0.1) is 0 Å². The van der Waals surface area contributed by atoms with Gasteiger partial charge in [-0.05, 0) is 25.0 Å². The molecule has 0 aromatic carbocycles. The maximum Gasteiger partial charge on any atom is 0.129 e. The van der Waals surface area contributed by atoms with Crippen molar-refractivity contribution in [2.75, 3.05) is 6.54 Å². The highest BCUT2D eigenvalue weighted by molar-refractivity contribution is 5.07. The van der Waals surface area contributed by atoms with E-state index in [1.165, 1.54) is 18.7 Å². The molecule has 0 fully saturated rings. The van der Waals surface area contributed by atoms with Crippen LogP contribution in [0.25, 0.3) is 0 Å². The number of hydrogen-bond donors (Lipinski definition) is 2. The summed E-state index contributed by atoms with van der Waals surface area (Å²) in [5, 5.41) is 12.4. The Morgan fingerprint density at radius 2 is 2.32 bits per heavy atom. The molecule has 0 spiro atoms. The highest BCUT2D eigenvalue weighted by atomic mass is 16.4. The van der Waals surface area contributed by atoms with Gasteiger partial charge in [-0.25, -0.2) is 4.98 Å². The molecule has 2 aromatic heterocycles. The summed E-state index contributed by atoms with van der Waals surface area (Å²) < 4.78 is 7.69. The third-order valence-corrected chi connectivity index (χ3v) is 3.63. The fourth-order valence-corrected chi connectivity index (χ4v) is 2.67. The van der Waals surface area contributed by atoms with Gasteiger partial charge in [0.05, 0.1) is 6.54 Å². The van der Waals surface area contributed by atoms with Gasteiger partial charge in [0, 0.05) is 31.4 Å². The molecule has 2 N–H and O–H groups in total. The van der Waals surface area contributed by atoms with Crippen LogP contribution < -0.4 is 5.32 Å². The molecule has 0 saturated heterocycles. The fraction of sp³-hybridized carbons (Fsp3) is 0.500. The Balaban J connectivity index is 1.53. The zero-order chi connectivity index (χ0) is 13.1. The molecule has 19 heavy (non-hydrogen) atoms. The highest BCUT2D eigenvalue weighted by Gasteiger charge is 2.20. The molecule has 3 rings (SSSR count). The predicted molar refractivity (Wildman–Crippen MR) is 70.5 cm³/mol. The van der Waals surface area contributed by atoms with E-state index in [9.17, 15) is 0 Å². The van der Waals surface area contributed by atoms with Crippen molar-refractivity contribution in [2.45, 2.75) is 38.5 Å². The van der Waals surface area contributed by atoms with E-state index in [0.29, 0.717) is 18.2 Å². The SMILES string of the molecule is OCc1ccc(CNCC2CCCn3ccnc32)o1. The maximum atomic E-state index is 8.94. The molecule has 0 radical (unpaired) electrons. The van der Waals surface area contributed by atoms with E-state index < -0.39 is 0 Å². The summed E-state index contributed by atoms with van der Waals surface area (Å²) in [6.07, 6.45) is 6.34. The predicted octanol–water partition coefficient (Wildman–Crippen LogP) is 1.64. The minimum Gasteiger partial charge on any atom is -0.462 e. The molecule has 0 amide bonds. The highest BCUT2D eigenvalue weighted by Crippen LogP contribution is 2.24. The summed E-state index contributed by atoms with van der Waals surface area (Å²) >= 11 is 0. The first kappa shape index (κ1) is 12.4. The van der Waals surface area contributed by atoms with E-state index in [2.05, 4.69) is 21.1 Å². The molecule has 0 bridgehead atoms. The molecule has 5 heteroatoms. The molecule has 1 aliphatic rings. The van der Waals surface area contributed by atoms with Crippen LogP contribution in [0.15, 0.2) is 28.9 Å². The van der Waals surface area contributed by atoms with Crippen LogP contribution in [0, 0.1) is 0 Å². The number of fused-ring (bicyclic) bond motifs is 1. The van der Waals surface area contributed by atoms with Crippen molar-refractivity contribution < 1.29 is 9.52 Å². The van der Waals surface area contributed by atoms with Crippen molar-refractivity contribution in [3.63, 3.8) is 0 Å². The van der Waals surface area contributed by atoms with Gasteiger partial charge in [-0.1, -0.05) is 0 Å². The molecule has 0 aliphatic carbocycles. The summed E-state index contributed by atoms with van der Waals surface area (Å²) in [6.45, 7) is 2.65. The Bertz CT molecular complexity index is 532. The van der Waals surface area contributed by atoms with Crippen molar-refractivity contribution >= 4 is 0 Å². The molecule has 2 aromatic rings. The number of furan rings is 1. The molecule has 1 unspecified atom stereocenters. The van der Waals surface area contributed by atoms with Crippen molar-refractivity contribution in [3.8, 4) is 0 Å². The fourth-order valence-electron chi connectivity index (χ4n) is 2.67. The Hall–Kier alpha value is -1.59. The van der Waals surface area contributed by atoms with Crippen LogP contribution >= 0.6 is 0 Å². The van der Waals surface area contributed by atoms with Crippen LogP contribution in [0.4, 0.5) is 0 Å². The number of aliphatic hydroxyl groups is 1. The number of hydrogen-bond acceptors (Lipinski definition) is 4. The number of nitrogens with zero attached hydrogens (tertiary/aromatic N) is 2. The quantitative estimate of drug-likeness (QED) is 0.858. The monoisotopic (exact) mass is 261 g/mol. The van der Waals surface area contributed by atoms with Crippen LogP contribution in [0.5, 0.6) is 0 Å². The number of nitrogens with one attached hydrogen (secondary N) is 1. The summed E-state index contributed by atoms with van der Waals surface area (Å²) in [5.74, 6) is 3.15. The molecule has 102 valence electrons. The van der Waals surface area contributed by atoms with Crippen molar-refractivity contribution in [1.82, 2.24) is 14.9 Å². The lowest BCUT2D eigenvalue weighted by Crippen LogP contribution is -2.26. The summed E-state index contributed by atoms with van der Waals surface area (Å²) in [5.41, 5.74) is 0. The third kappa shape index (κ3) is 2.72. The Morgan fingerprint density at radius 3 is 3.16 bits per heavy atom. The van der Waals surface area contributed by atoms with Gasteiger partial charge in [0.15, 0.2) is 0 Å². The van der Waals surface area contributed by atoms with Crippen LogP contribution in [-0.4, -0.2) is 21.2 Å². The van der Waals surface area contributed by atoms with Gasteiger partial charge in [0.1, 0.15) is 24.0 Å². The normalized spacial score (nSPS) is 18.5. The minimum atomic E-state index is -0.0416. The van der Waals surface area contributed by atoms with E-state index in [0.717, 1.165) is 18.8 Å². The zero-order valence-corrected chi connectivity index (χ0v) is 10.9. The Kier molecular flexibility index (Phi) is 3.66. The Labute approximate surface area is 112 Å². The lowest BCUT2D eigenvalue weighted by atomic mass is 9.99. The third-order valence-electron chi connectivity index (χ3n) is 3.63. The van der Waals surface area contributed by atoms with Crippen LogP contribution in [-0.2, 0) is 19.7 Å². The number of imidazole rings is 1. The smallest absolute Gasteiger partial charge is 0.129 e. The molecule has 3 heterocycles. The van der Waals surface area contributed by atoms with Gasteiger partial charge in [0.25, 0.3) is 0 Å². The second-order valence-corrected chi connectivity index (χ2v) is 4.98. The molecular weight excluding hydrogens is 242 g/mol. The second-order valence-electron chi connectivity index (χ2n) is 4.98. The maximum absolute atomic E-state index is 8.94. The van der Waals surface area contributed by atoms with E-state index in [-0.39, 0.29) is 6.61 Å². The molecular formula is C14H19N3O2. The second kappa shape index (κ2) is 5.59. The van der Waals surface area contributed by atoms with Crippen molar-refractivity contribution in [2.24, 2.45) is 0 Å². The first-order valence-electron chi connectivity index (χ1n) is 6.77. The zero-order valence-electron chi connectivity index (χ0n) is 10.9. The van der Waals surface area contributed by atoms with E-state index in [1.54, 1.807) is 0 Å². The number of aliphatic hydroxyl groups excluding tert-OH is 1. The lowest BCUT2D eigenvalue weighted by molar-refractivity contribution is 0.242. The molecule has 1 aliphatic heterocycles. The van der Waals surface area contributed by atoms with Crippen LogP contribution in [0.1, 0.15) is 36.1 Å². The Morgan fingerprint density at radius 1 is 1.42 bits per heavy atom. The van der Waals surface area contributed by atoms with E-state index >= 15 is 0 Å². The lowest BCUT2D eigenvalue weighted by Gasteiger charge is -2.23. The van der Waals surface area contributed by atoms with Crippen LogP contribution in [0.3, 0.4) is 0 Å². The number of aromatic nitrogens is 2. The van der Waals surface area contributed by atoms with Gasteiger partial charge >= 0.3 is 0 Å². The topological polar surface area (TPSA) is 63.2 Å². The van der Waals surface area contributed by atoms with E-state index in [4.69, 9.17) is 9.52 Å². The average molecular weight is 261 g/mol. The van der Waals surface area contributed by atoms with Crippen molar-refractivity contribution in [3.05, 3.63) is 41.9 Å². The minimum absolute atomic E-state index is 0.0416. The van der Waals surface area contributed by atoms with Gasteiger partial charge < -0.3 is 19.4 Å². The van der Waals surface area contributed by atoms with Gasteiger partial charge in [-0.2, -0.15) is 0 Å². The largest absolute Gasteiger partial charge is 0.462 e. The number of rotatable bonds is 5. The number of aryl methyl sites for hydroxylation is 1. The summed E-state index contributed by atoms with van der Waals surface area (Å²) in [7, 11) is 0. The average Bonchev–Trinajstić information content (AvgIpc) is 3.07. The molecule has 0 saturated carbocycles. The standard InChI is InChI=1S/C14H19N3O2/c18-10-13-4-3-12(19-13)9-15-8-11-2-1-6-17-7-5-16-14(11)17/h3-5,7,11,15,18H,1-2,6,8-10H2. The summed E-state index contributed by atoms with van der Waals surface area (Å²) in [4.78, 5) is 4.45. The van der Waals surface area contributed by atoms with Crippen molar-refractivity contribution in [1.29, 1.82) is 0 Å². The van der Waals surface area contributed by atoms with Gasteiger partial charge in [-0.3, -0.25) is 0 Å².